The zero-order valence-corrected chi connectivity index (χ0v) is 13.9. The molecule has 1 aliphatic rings. The largest absolute Gasteiger partial charge is 0.379 e. The van der Waals surface area contributed by atoms with E-state index in [1.54, 1.807) is 0 Å². The summed E-state index contributed by atoms with van der Waals surface area (Å²) in [5, 5.41) is 8.02. The van der Waals surface area contributed by atoms with Crippen molar-refractivity contribution in [3.05, 3.63) is 17.5 Å². The second-order valence-corrected chi connectivity index (χ2v) is 6.48. The van der Waals surface area contributed by atoms with Crippen molar-refractivity contribution in [1.82, 2.24) is 20.0 Å². The highest BCUT2D eigenvalue weighted by Crippen LogP contribution is 2.13. The molecule has 0 aliphatic carbocycles. The highest BCUT2D eigenvalue weighted by molar-refractivity contribution is 5.14. The van der Waals surface area contributed by atoms with E-state index in [4.69, 9.17) is 4.74 Å². The summed E-state index contributed by atoms with van der Waals surface area (Å²) in [6, 6.07) is 0.603. The van der Waals surface area contributed by atoms with Crippen molar-refractivity contribution in [2.45, 2.75) is 39.8 Å². The number of nitrogens with one attached hydrogen (secondary N) is 1. The van der Waals surface area contributed by atoms with Crippen LogP contribution < -0.4 is 5.32 Å². The van der Waals surface area contributed by atoms with E-state index < -0.39 is 0 Å². The number of aryl methyl sites for hydroxylation is 2. The van der Waals surface area contributed by atoms with Gasteiger partial charge in [0.25, 0.3) is 0 Å². The van der Waals surface area contributed by atoms with Crippen molar-refractivity contribution in [3.8, 4) is 0 Å². The Labute approximate surface area is 128 Å². The average Bonchev–Trinajstić information content (AvgIpc) is 2.76. The van der Waals surface area contributed by atoms with Gasteiger partial charge in [-0.05, 0) is 19.3 Å². The summed E-state index contributed by atoms with van der Waals surface area (Å²) >= 11 is 0. The number of hydrogen-bond donors (Lipinski definition) is 1. The van der Waals surface area contributed by atoms with Crippen LogP contribution in [0.1, 0.15) is 31.5 Å². The van der Waals surface area contributed by atoms with Gasteiger partial charge in [-0.1, -0.05) is 13.8 Å². The highest BCUT2D eigenvalue weighted by atomic mass is 16.5. The Balaban J connectivity index is 1.84. The maximum Gasteiger partial charge on any atom is 0.0638 e. The first-order valence-electron chi connectivity index (χ1n) is 8.08. The van der Waals surface area contributed by atoms with Crippen molar-refractivity contribution in [2.24, 2.45) is 13.0 Å². The van der Waals surface area contributed by atoms with Gasteiger partial charge < -0.3 is 10.1 Å². The zero-order chi connectivity index (χ0) is 15.2. The van der Waals surface area contributed by atoms with Gasteiger partial charge in [-0.3, -0.25) is 9.58 Å². The number of rotatable bonds is 7. The van der Waals surface area contributed by atoms with E-state index in [0.29, 0.717) is 6.04 Å². The Hall–Kier alpha value is -0.910. The van der Waals surface area contributed by atoms with Crippen molar-refractivity contribution in [1.29, 1.82) is 0 Å². The lowest BCUT2D eigenvalue weighted by molar-refractivity contribution is 0.0123. The van der Waals surface area contributed by atoms with Crippen LogP contribution in [0.5, 0.6) is 0 Å². The lowest BCUT2D eigenvalue weighted by atomic mass is 10.0. The van der Waals surface area contributed by atoms with Crippen LogP contribution in [0.25, 0.3) is 0 Å². The molecule has 0 aromatic carbocycles. The predicted molar refractivity (Wildman–Crippen MR) is 85.3 cm³/mol. The third-order valence-corrected chi connectivity index (χ3v) is 4.12. The molecule has 2 rings (SSSR count). The first-order chi connectivity index (χ1) is 10.1. The first-order valence-corrected chi connectivity index (χ1v) is 8.08. The summed E-state index contributed by atoms with van der Waals surface area (Å²) in [4.78, 5) is 2.58. The van der Waals surface area contributed by atoms with E-state index in [1.807, 2.05) is 11.7 Å². The molecule has 1 N–H and O–H groups in total. The van der Waals surface area contributed by atoms with E-state index in [2.05, 4.69) is 42.3 Å². The third-order valence-electron chi connectivity index (χ3n) is 4.12. The van der Waals surface area contributed by atoms with Gasteiger partial charge >= 0.3 is 0 Å². The van der Waals surface area contributed by atoms with Gasteiger partial charge in [0.1, 0.15) is 0 Å². The summed E-state index contributed by atoms with van der Waals surface area (Å²) in [6.07, 6.45) is 3.34. The van der Waals surface area contributed by atoms with Gasteiger partial charge in [0.05, 0.1) is 18.9 Å². The monoisotopic (exact) mass is 294 g/mol. The number of aromatic nitrogens is 2. The normalized spacial score (nSPS) is 18.3. The molecule has 0 spiro atoms. The number of hydrogen-bond acceptors (Lipinski definition) is 4. The summed E-state index contributed by atoms with van der Waals surface area (Å²) in [6.45, 7) is 12.5. The van der Waals surface area contributed by atoms with Crippen molar-refractivity contribution < 1.29 is 4.74 Å². The van der Waals surface area contributed by atoms with Crippen LogP contribution in [0.3, 0.4) is 0 Å². The molecular weight excluding hydrogens is 264 g/mol. The molecule has 0 saturated carbocycles. The van der Waals surface area contributed by atoms with E-state index >= 15 is 0 Å². The van der Waals surface area contributed by atoms with Crippen LogP contribution >= 0.6 is 0 Å². The van der Waals surface area contributed by atoms with Crippen LogP contribution in [0, 0.1) is 12.8 Å². The summed E-state index contributed by atoms with van der Waals surface area (Å²) < 4.78 is 7.36. The fraction of sp³-hybridized carbons (Fsp3) is 0.812. The second kappa shape index (κ2) is 7.92. The Morgan fingerprint density at radius 3 is 2.62 bits per heavy atom. The number of morpholine rings is 1. The minimum Gasteiger partial charge on any atom is -0.379 e. The van der Waals surface area contributed by atoms with Crippen molar-refractivity contribution >= 4 is 0 Å². The van der Waals surface area contributed by atoms with Crippen LogP contribution in [0.15, 0.2) is 6.20 Å². The molecule has 1 fully saturated rings. The smallest absolute Gasteiger partial charge is 0.0638 e. The minimum atomic E-state index is 0.603. The topological polar surface area (TPSA) is 42.3 Å². The fourth-order valence-corrected chi connectivity index (χ4v) is 3.04. The summed E-state index contributed by atoms with van der Waals surface area (Å²) in [5.74, 6) is 0.722. The molecule has 21 heavy (non-hydrogen) atoms. The molecule has 0 amide bonds. The third kappa shape index (κ3) is 5.09. The maximum absolute atomic E-state index is 5.47. The van der Waals surface area contributed by atoms with Crippen molar-refractivity contribution in [3.63, 3.8) is 0 Å². The Morgan fingerprint density at radius 2 is 2.05 bits per heavy atom. The molecule has 1 aromatic rings. The molecule has 120 valence electrons. The average molecular weight is 294 g/mol. The molecule has 1 atom stereocenters. The van der Waals surface area contributed by atoms with Gasteiger partial charge in [-0.2, -0.15) is 5.10 Å². The lowest BCUT2D eigenvalue weighted by Crippen LogP contribution is -2.48. The Bertz CT molecular complexity index is 424. The van der Waals surface area contributed by atoms with Gasteiger partial charge in [0.2, 0.25) is 0 Å². The Kier molecular flexibility index (Phi) is 6.21. The zero-order valence-electron chi connectivity index (χ0n) is 13.9. The van der Waals surface area contributed by atoms with E-state index in [1.165, 1.54) is 12.0 Å². The SMILES string of the molecule is Cc1nn(C)cc1CNCC(CC(C)C)N1CCOCC1. The fourth-order valence-electron chi connectivity index (χ4n) is 3.04. The molecular formula is C16H30N4O. The van der Waals surface area contributed by atoms with Gasteiger partial charge in [0, 0.05) is 51.0 Å². The van der Waals surface area contributed by atoms with Gasteiger partial charge in [-0.25, -0.2) is 0 Å². The van der Waals surface area contributed by atoms with Crippen LogP contribution in [0.2, 0.25) is 0 Å². The Morgan fingerprint density at radius 1 is 1.33 bits per heavy atom. The molecule has 5 heteroatoms. The first kappa shape index (κ1) is 16.5. The van der Waals surface area contributed by atoms with E-state index in [-0.39, 0.29) is 0 Å². The van der Waals surface area contributed by atoms with Crippen LogP contribution in [-0.4, -0.2) is 53.6 Å². The quantitative estimate of drug-likeness (QED) is 0.829. The second-order valence-electron chi connectivity index (χ2n) is 6.48. The number of ether oxygens (including phenoxy) is 1. The summed E-state index contributed by atoms with van der Waals surface area (Å²) in [7, 11) is 1.98. The lowest BCUT2D eigenvalue weighted by Gasteiger charge is -2.35. The minimum absolute atomic E-state index is 0.603. The van der Waals surface area contributed by atoms with E-state index in [0.717, 1.165) is 51.0 Å². The molecule has 2 heterocycles. The summed E-state index contributed by atoms with van der Waals surface area (Å²) in [5.41, 5.74) is 2.42. The van der Waals surface area contributed by atoms with Gasteiger partial charge in [0.15, 0.2) is 0 Å². The standard InChI is InChI=1S/C16H30N4O/c1-13(2)9-16(20-5-7-21-8-6-20)11-17-10-15-12-19(4)18-14(15)3/h12-13,16-17H,5-11H2,1-4H3. The molecule has 0 bridgehead atoms. The van der Waals surface area contributed by atoms with Gasteiger partial charge in [-0.15, -0.1) is 0 Å². The molecule has 5 nitrogen and oxygen atoms in total. The molecule has 1 aliphatic heterocycles. The predicted octanol–water partition coefficient (Wildman–Crippen LogP) is 1.57. The molecule has 1 aromatic heterocycles. The van der Waals surface area contributed by atoms with Crippen LogP contribution in [-0.2, 0) is 18.3 Å². The number of nitrogens with zero attached hydrogens (tertiary/aromatic N) is 3. The van der Waals surface area contributed by atoms with Crippen molar-refractivity contribution in [2.75, 3.05) is 32.8 Å². The highest BCUT2D eigenvalue weighted by Gasteiger charge is 2.21. The molecule has 0 radical (unpaired) electrons. The van der Waals surface area contributed by atoms with E-state index in [9.17, 15) is 0 Å². The molecule has 1 unspecified atom stereocenters. The maximum atomic E-state index is 5.47. The molecule has 1 saturated heterocycles. The van der Waals surface area contributed by atoms with Crippen LogP contribution in [0.4, 0.5) is 0 Å².